The molecule has 0 amide bonds. The summed E-state index contributed by atoms with van der Waals surface area (Å²) in [5.74, 6) is 0.0188. The summed E-state index contributed by atoms with van der Waals surface area (Å²) in [4.78, 5) is 4.66. The molecule has 0 saturated heterocycles. The summed E-state index contributed by atoms with van der Waals surface area (Å²) in [5.41, 5.74) is 4.65. The van der Waals surface area contributed by atoms with E-state index in [-0.39, 0.29) is 24.0 Å². The Balaban J connectivity index is 1.87. The molecular weight excluding hydrogens is 405 g/mol. The fourth-order valence-electron chi connectivity index (χ4n) is 5.18. The summed E-state index contributed by atoms with van der Waals surface area (Å²) in [6, 6.07) is 11.7. The Bertz CT molecular complexity index is 856. The first kappa shape index (κ1) is 20.9. The van der Waals surface area contributed by atoms with E-state index >= 15 is 0 Å². The zero-order valence-electron chi connectivity index (χ0n) is 16.6. The topological polar surface area (TPSA) is 52.8 Å². The van der Waals surface area contributed by atoms with Gasteiger partial charge in [0.2, 0.25) is 0 Å². The molecule has 0 aliphatic heterocycles. The standard InChI is InChI=1S/C24H27Cl2NO2/c1-27-24(16-8-2-10-18(25)22(16)14-6-4-12-20(14)28)17-9-3-11-19(26)23(17)15-7-5-13-21(15)29/h2-3,8-11,14-15,20-21,28-29H,4-7,12-13H2,1H3. The Kier molecular flexibility index (Phi) is 6.31. The first-order chi connectivity index (χ1) is 14.0. The highest BCUT2D eigenvalue weighted by Gasteiger charge is 2.34. The van der Waals surface area contributed by atoms with Crippen LogP contribution in [0.25, 0.3) is 0 Å². The summed E-state index contributed by atoms with van der Waals surface area (Å²) in [7, 11) is 1.78. The van der Waals surface area contributed by atoms with Gasteiger partial charge in [-0.2, -0.15) is 0 Å². The van der Waals surface area contributed by atoms with E-state index in [1.807, 2.05) is 36.4 Å². The number of halogens is 2. The number of rotatable bonds is 4. The van der Waals surface area contributed by atoms with Gasteiger partial charge in [-0.05, 0) is 48.9 Å². The van der Waals surface area contributed by atoms with Crippen molar-refractivity contribution in [1.29, 1.82) is 0 Å². The molecule has 2 aliphatic rings. The normalized spacial score (nSPS) is 26.7. The average molecular weight is 432 g/mol. The van der Waals surface area contributed by atoms with E-state index < -0.39 is 0 Å². The van der Waals surface area contributed by atoms with Gasteiger partial charge in [-0.15, -0.1) is 0 Å². The SMILES string of the molecule is CN=C(c1cccc(Cl)c1C1CCCC1O)c1cccc(Cl)c1C1CCCC1O. The summed E-state index contributed by atoms with van der Waals surface area (Å²) in [6.45, 7) is 0. The van der Waals surface area contributed by atoms with Gasteiger partial charge in [0.1, 0.15) is 0 Å². The van der Waals surface area contributed by atoms with Crippen LogP contribution in [0.5, 0.6) is 0 Å². The molecule has 2 aliphatic carbocycles. The fourth-order valence-corrected chi connectivity index (χ4v) is 5.81. The highest BCUT2D eigenvalue weighted by atomic mass is 35.5. The first-order valence-corrected chi connectivity index (χ1v) is 11.2. The van der Waals surface area contributed by atoms with Crippen LogP contribution in [0.4, 0.5) is 0 Å². The second kappa shape index (κ2) is 8.77. The zero-order chi connectivity index (χ0) is 20.5. The van der Waals surface area contributed by atoms with E-state index in [0.717, 1.165) is 66.5 Å². The largest absolute Gasteiger partial charge is 0.392 e. The number of aliphatic hydroxyl groups is 2. The average Bonchev–Trinajstić information content (AvgIpc) is 3.31. The lowest BCUT2D eigenvalue weighted by Crippen LogP contribution is -2.20. The maximum absolute atomic E-state index is 10.6. The highest BCUT2D eigenvalue weighted by Crippen LogP contribution is 2.43. The molecule has 29 heavy (non-hydrogen) atoms. The number of hydrogen-bond donors (Lipinski definition) is 2. The van der Waals surface area contributed by atoms with Crippen molar-refractivity contribution >= 4 is 28.9 Å². The van der Waals surface area contributed by atoms with Crippen LogP contribution in [0.1, 0.15) is 72.6 Å². The molecule has 0 aromatic heterocycles. The van der Waals surface area contributed by atoms with Crippen LogP contribution in [0.2, 0.25) is 10.0 Å². The first-order valence-electron chi connectivity index (χ1n) is 10.4. The highest BCUT2D eigenvalue weighted by molar-refractivity contribution is 6.33. The molecule has 2 saturated carbocycles. The molecule has 4 rings (SSSR count). The Morgan fingerprint density at radius 1 is 0.793 bits per heavy atom. The van der Waals surface area contributed by atoms with Crippen molar-refractivity contribution in [2.45, 2.75) is 62.6 Å². The van der Waals surface area contributed by atoms with Crippen LogP contribution >= 0.6 is 23.2 Å². The molecule has 0 heterocycles. The van der Waals surface area contributed by atoms with Gasteiger partial charge in [0.25, 0.3) is 0 Å². The molecule has 2 aromatic rings. The third kappa shape index (κ3) is 3.86. The quantitative estimate of drug-likeness (QED) is 0.608. The van der Waals surface area contributed by atoms with Gasteiger partial charge in [-0.1, -0.05) is 60.3 Å². The van der Waals surface area contributed by atoms with Crippen LogP contribution in [0.15, 0.2) is 41.4 Å². The van der Waals surface area contributed by atoms with Crippen LogP contribution in [-0.2, 0) is 0 Å². The molecule has 2 fully saturated rings. The Morgan fingerprint density at radius 2 is 1.24 bits per heavy atom. The van der Waals surface area contributed by atoms with Gasteiger partial charge in [-0.3, -0.25) is 4.99 Å². The third-order valence-electron chi connectivity index (χ3n) is 6.54. The molecular formula is C24H27Cl2NO2. The fraction of sp³-hybridized carbons (Fsp3) is 0.458. The summed E-state index contributed by atoms with van der Waals surface area (Å²) in [6.07, 6.45) is 4.63. The number of hydrogen-bond acceptors (Lipinski definition) is 3. The van der Waals surface area contributed by atoms with Crippen molar-refractivity contribution in [2.75, 3.05) is 7.05 Å². The van der Waals surface area contributed by atoms with Gasteiger partial charge in [-0.25, -0.2) is 0 Å². The van der Waals surface area contributed by atoms with Gasteiger partial charge < -0.3 is 10.2 Å². The molecule has 3 nitrogen and oxygen atoms in total. The van der Waals surface area contributed by atoms with Crippen molar-refractivity contribution < 1.29 is 10.2 Å². The molecule has 0 bridgehead atoms. The summed E-state index contributed by atoms with van der Waals surface area (Å²) >= 11 is 13.3. The van der Waals surface area contributed by atoms with E-state index in [0.29, 0.717) is 10.0 Å². The molecule has 0 spiro atoms. The molecule has 154 valence electrons. The third-order valence-corrected chi connectivity index (χ3v) is 7.20. The van der Waals surface area contributed by atoms with Crippen molar-refractivity contribution in [3.8, 4) is 0 Å². The van der Waals surface area contributed by atoms with Gasteiger partial charge >= 0.3 is 0 Å². The Hall–Kier alpha value is -1.39. The minimum Gasteiger partial charge on any atom is -0.392 e. The van der Waals surface area contributed by atoms with Gasteiger partial charge in [0.15, 0.2) is 0 Å². The number of benzene rings is 2. The maximum atomic E-state index is 10.6. The van der Waals surface area contributed by atoms with Crippen molar-refractivity contribution in [1.82, 2.24) is 0 Å². The summed E-state index contributed by atoms with van der Waals surface area (Å²) in [5, 5.41) is 22.5. The lowest BCUT2D eigenvalue weighted by Gasteiger charge is -2.25. The monoisotopic (exact) mass is 431 g/mol. The molecule has 4 unspecified atom stereocenters. The molecule has 5 heteroatoms. The van der Waals surface area contributed by atoms with Crippen LogP contribution < -0.4 is 0 Å². The van der Waals surface area contributed by atoms with Crippen LogP contribution in [0, 0.1) is 0 Å². The molecule has 2 N–H and O–H groups in total. The minimum absolute atomic E-state index is 0.00940. The van der Waals surface area contributed by atoms with Crippen molar-refractivity contribution in [3.63, 3.8) is 0 Å². The second-order valence-corrected chi connectivity index (χ2v) is 9.00. The van der Waals surface area contributed by atoms with Crippen LogP contribution in [0.3, 0.4) is 0 Å². The lowest BCUT2D eigenvalue weighted by atomic mass is 9.83. The predicted molar refractivity (Wildman–Crippen MR) is 120 cm³/mol. The van der Waals surface area contributed by atoms with Gasteiger partial charge in [0, 0.05) is 40.1 Å². The Morgan fingerprint density at radius 3 is 1.59 bits per heavy atom. The Labute approximate surface area is 182 Å². The minimum atomic E-state index is -0.387. The molecule has 0 radical (unpaired) electrons. The van der Waals surface area contributed by atoms with E-state index in [2.05, 4.69) is 4.99 Å². The number of nitrogens with zero attached hydrogens (tertiary/aromatic N) is 1. The van der Waals surface area contributed by atoms with Gasteiger partial charge in [0.05, 0.1) is 17.9 Å². The van der Waals surface area contributed by atoms with E-state index in [1.54, 1.807) is 7.05 Å². The predicted octanol–water partition coefficient (Wildman–Crippen LogP) is 5.72. The molecule has 4 atom stereocenters. The smallest absolute Gasteiger partial charge is 0.0722 e. The van der Waals surface area contributed by atoms with E-state index in [1.165, 1.54) is 0 Å². The second-order valence-electron chi connectivity index (χ2n) is 8.18. The van der Waals surface area contributed by atoms with E-state index in [9.17, 15) is 10.2 Å². The maximum Gasteiger partial charge on any atom is 0.0722 e. The van der Waals surface area contributed by atoms with Crippen molar-refractivity contribution in [3.05, 3.63) is 68.7 Å². The van der Waals surface area contributed by atoms with Crippen molar-refractivity contribution in [2.24, 2.45) is 4.99 Å². The number of aliphatic hydroxyl groups excluding tert-OH is 2. The lowest BCUT2D eigenvalue weighted by molar-refractivity contribution is 0.163. The summed E-state index contributed by atoms with van der Waals surface area (Å²) < 4.78 is 0. The number of aliphatic imine (C=N–C) groups is 1. The molecule has 2 aromatic carbocycles. The van der Waals surface area contributed by atoms with Crippen LogP contribution in [-0.4, -0.2) is 35.2 Å². The zero-order valence-corrected chi connectivity index (χ0v) is 18.1. The van der Waals surface area contributed by atoms with E-state index in [4.69, 9.17) is 23.2 Å².